The van der Waals surface area contributed by atoms with Gasteiger partial charge in [0.15, 0.2) is 11.3 Å². The predicted octanol–water partition coefficient (Wildman–Crippen LogP) is 2.00. The van der Waals surface area contributed by atoms with E-state index in [1.54, 1.807) is 30.5 Å². The van der Waals surface area contributed by atoms with Crippen LogP contribution in [-0.4, -0.2) is 27.4 Å². The second-order valence-corrected chi connectivity index (χ2v) is 5.91. The molecule has 8 nitrogen and oxygen atoms in total. The lowest BCUT2D eigenvalue weighted by atomic mass is 10.1. The summed E-state index contributed by atoms with van der Waals surface area (Å²) in [5.74, 6) is 0.370. The van der Waals surface area contributed by atoms with E-state index in [1.807, 2.05) is 18.2 Å². The molecular formula is C19H16N4O4. The highest BCUT2D eigenvalue weighted by Gasteiger charge is 2.12. The van der Waals surface area contributed by atoms with Crippen molar-refractivity contribution in [3.05, 3.63) is 70.8 Å². The molecule has 8 heteroatoms. The number of nitrogens with zero attached hydrogens (tertiary/aromatic N) is 3. The third-order valence-corrected chi connectivity index (χ3v) is 4.07. The highest BCUT2D eigenvalue weighted by atomic mass is 16.5. The van der Waals surface area contributed by atoms with Gasteiger partial charge in [-0.3, -0.25) is 9.59 Å². The average Bonchev–Trinajstić information content (AvgIpc) is 3.34. The molecule has 27 heavy (non-hydrogen) atoms. The van der Waals surface area contributed by atoms with Crippen molar-refractivity contribution in [3.8, 4) is 11.5 Å². The number of benzene rings is 1. The van der Waals surface area contributed by atoms with Gasteiger partial charge in [0.2, 0.25) is 5.91 Å². The van der Waals surface area contributed by atoms with Crippen molar-refractivity contribution < 1.29 is 13.7 Å². The van der Waals surface area contributed by atoms with E-state index >= 15 is 0 Å². The molecule has 3 heterocycles. The normalized spacial score (nSPS) is 11.0. The molecule has 0 atom stereocenters. The molecule has 1 amide bonds. The van der Waals surface area contributed by atoms with E-state index in [1.165, 1.54) is 10.7 Å². The first kappa shape index (κ1) is 16.8. The molecule has 0 bridgehead atoms. The number of furan rings is 1. The third kappa shape index (κ3) is 3.64. The number of hydrogen-bond acceptors (Lipinski definition) is 6. The number of nitrogens with one attached hydrogen (secondary N) is 1. The summed E-state index contributed by atoms with van der Waals surface area (Å²) in [5.41, 5.74) is 1.53. The summed E-state index contributed by atoms with van der Waals surface area (Å²) < 4.78 is 11.8. The van der Waals surface area contributed by atoms with Crippen LogP contribution in [0.15, 0.2) is 68.5 Å². The number of aromatic nitrogens is 3. The van der Waals surface area contributed by atoms with Crippen molar-refractivity contribution in [1.82, 2.24) is 20.3 Å². The minimum absolute atomic E-state index is 0.103. The van der Waals surface area contributed by atoms with Crippen LogP contribution in [0.4, 0.5) is 0 Å². The molecule has 0 spiro atoms. The Bertz CT molecular complexity index is 1130. The lowest BCUT2D eigenvalue weighted by molar-refractivity contribution is -0.120. The van der Waals surface area contributed by atoms with Crippen LogP contribution in [0.3, 0.4) is 0 Å². The molecular weight excluding hydrogens is 348 g/mol. The highest BCUT2D eigenvalue weighted by molar-refractivity contribution is 5.86. The fraction of sp³-hybridized carbons (Fsp3) is 0.158. The summed E-state index contributed by atoms with van der Waals surface area (Å²) in [6.07, 6.45) is 1.64. The van der Waals surface area contributed by atoms with E-state index < -0.39 is 0 Å². The molecule has 0 saturated carbocycles. The predicted molar refractivity (Wildman–Crippen MR) is 96.9 cm³/mol. The Morgan fingerprint density at radius 1 is 1.11 bits per heavy atom. The highest BCUT2D eigenvalue weighted by Crippen LogP contribution is 2.18. The minimum Gasteiger partial charge on any atom is -0.463 e. The third-order valence-electron chi connectivity index (χ3n) is 4.07. The number of amides is 1. The summed E-state index contributed by atoms with van der Waals surface area (Å²) >= 11 is 0. The smallest absolute Gasteiger partial charge is 0.266 e. The molecule has 4 aromatic rings. The summed E-state index contributed by atoms with van der Waals surface area (Å²) in [5, 5.41) is 11.8. The molecule has 0 unspecified atom stereocenters. The second-order valence-electron chi connectivity index (χ2n) is 5.91. The van der Waals surface area contributed by atoms with E-state index in [2.05, 4.69) is 15.6 Å². The Kier molecular flexibility index (Phi) is 4.52. The molecule has 1 N–H and O–H groups in total. The average molecular weight is 364 g/mol. The standard InChI is InChI=1S/C19H16N4O4/c24-18(12-15-13-4-1-2-5-16(13)27-22-15)20-9-10-23-19(25)8-7-14(21-23)17-6-3-11-26-17/h1-8,11H,9-10,12H2,(H,20,24). The molecule has 1 aromatic carbocycles. The molecule has 0 aliphatic heterocycles. The van der Waals surface area contributed by atoms with Gasteiger partial charge in [-0.05, 0) is 30.3 Å². The molecule has 0 aliphatic carbocycles. The molecule has 136 valence electrons. The van der Waals surface area contributed by atoms with Crippen LogP contribution >= 0.6 is 0 Å². The van der Waals surface area contributed by atoms with Crippen molar-refractivity contribution in [1.29, 1.82) is 0 Å². The number of carbonyl (C=O) groups excluding carboxylic acids is 1. The van der Waals surface area contributed by atoms with Crippen LogP contribution in [0, 0.1) is 0 Å². The van der Waals surface area contributed by atoms with Crippen LogP contribution < -0.4 is 10.9 Å². The minimum atomic E-state index is -0.248. The summed E-state index contributed by atoms with van der Waals surface area (Å²) in [6, 6.07) is 13.9. The van der Waals surface area contributed by atoms with Gasteiger partial charge in [-0.15, -0.1) is 0 Å². The Labute approximate surface area is 153 Å². The lowest BCUT2D eigenvalue weighted by Crippen LogP contribution is -2.32. The van der Waals surface area contributed by atoms with E-state index in [-0.39, 0.29) is 31.0 Å². The molecule has 0 saturated heterocycles. The largest absolute Gasteiger partial charge is 0.463 e. The quantitative estimate of drug-likeness (QED) is 0.561. The fourth-order valence-corrected chi connectivity index (χ4v) is 2.75. The molecule has 0 aliphatic rings. The number of fused-ring (bicyclic) bond motifs is 1. The van der Waals surface area contributed by atoms with E-state index in [9.17, 15) is 9.59 Å². The zero-order valence-electron chi connectivity index (χ0n) is 14.3. The summed E-state index contributed by atoms with van der Waals surface area (Å²) in [4.78, 5) is 24.1. The van der Waals surface area contributed by atoms with Crippen LogP contribution in [-0.2, 0) is 17.8 Å². The van der Waals surface area contributed by atoms with Gasteiger partial charge in [-0.2, -0.15) is 5.10 Å². The van der Waals surface area contributed by atoms with Crippen LogP contribution in [0.1, 0.15) is 5.69 Å². The van der Waals surface area contributed by atoms with Crippen molar-refractivity contribution in [2.75, 3.05) is 6.54 Å². The van der Waals surface area contributed by atoms with Gasteiger partial charge in [-0.1, -0.05) is 17.3 Å². The molecule has 3 aromatic heterocycles. The van der Waals surface area contributed by atoms with E-state index in [0.717, 1.165) is 5.39 Å². The Morgan fingerprint density at radius 2 is 2.00 bits per heavy atom. The van der Waals surface area contributed by atoms with Gasteiger partial charge in [0.25, 0.3) is 5.56 Å². The number of hydrogen-bond donors (Lipinski definition) is 1. The second kappa shape index (κ2) is 7.28. The van der Waals surface area contributed by atoms with E-state index in [4.69, 9.17) is 8.94 Å². The summed E-state index contributed by atoms with van der Waals surface area (Å²) in [6.45, 7) is 0.516. The molecule has 0 radical (unpaired) electrons. The first-order chi connectivity index (χ1) is 13.2. The van der Waals surface area contributed by atoms with Crippen LogP contribution in [0.5, 0.6) is 0 Å². The van der Waals surface area contributed by atoms with Gasteiger partial charge >= 0.3 is 0 Å². The van der Waals surface area contributed by atoms with Crippen LogP contribution in [0.2, 0.25) is 0 Å². The summed E-state index contributed by atoms with van der Waals surface area (Å²) in [7, 11) is 0. The first-order valence-electron chi connectivity index (χ1n) is 8.43. The van der Waals surface area contributed by atoms with Crippen molar-refractivity contribution in [3.63, 3.8) is 0 Å². The monoisotopic (exact) mass is 364 g/mol. The number of carbonyl (C=O) groups is 1. The van der Waals surface area contributed by atoms with Gasteiger partial charge in [-0.25, -0.2) is 4.68 Å². The van der Waals surface area contributed by atoms with Gasteiger partial charge < -0.3 is 14.3 Å². The van der Waals surface area contributed by atoms with Gasteiger partial charge in [0.05, 0.1) is 19.2 Å². The van der Waals surface area contributed by atoms with Crippen LogP contribution in [0.25, 0.3) is 22.4 Å². The number of rotatable bonds is 6. The fourth-order valence-electron chi connectivity index (χ4n) is 2.75. The van der Waals surface area contributed by atoms with Crippen molar-refractivity contribution in [2.45, 2.75) is 13.0 Å². The SMILES string of the molecule is O=C(Cc1noc2ccccc12)NCCn1nc(-c2ccco2)ccc1=O. The van der Waals surface area contributed by atoms with Gasteiger partial charge in [0.1, 0.15) is 11.4 Å². The zero-order valence-corrected chi connectivity index (χ0v) is 14.3. The Balaban J connectivity index is 1.37. The maximum atomic E-state index is 12.2. The molecule has 4 rings (SSSR count). The Hall–Kier alpha value is -3.68. The zero-order chi connectivity index (χ0) is 18.6. The Morgan fingerprint density at radius 3 is 2.85 bits per heavy atom. The van der Waals surface area contributed by atoms with Gasteiger partial charge in [0, 0.05) is 18.0 Å². The first-order valence-corrected chi connectivity index (χ1v) is 8.43. The lowest BCUT2D eigenvalue weighted by Gasteiger charge is -2.07. The maximum absolute atomic E-state index is 12.2. The van der Waals surface area contributed by atoms with E-state index in [0.29, 0.717) is 22.7 Å². The topological polar surface area (TPSA) is 103 Å². The maximum Gasteiger partial charge on any atom is 0.266 e. The molecule has 0 fully saturated rings. The van der Waals surface area contributed by atoms with Crippen molar-refractivity contribution >= 4 is 16.9 Å². The number of para-hydroxylation sites is 1. The van der Waals surface area contributed by atoms with Crippen molar-refractivity contribution in [2.24, 2.45) is 0 Å².